The summed E-state index contributed by atoms with van der Waals surface area (Å²) in [6.07, 6.45) is 2.59. The molecule has 1 fully saturated rings. The summed E-state index contributed by atoms with van der Waals surface area (Å²) in [6, 6.07) is 8.41. The summed E-state index contributed by atoms with van der Waals surface area (Å²) in [6.45, 7) is 4.47. The van der Waals surface area contributed by atoms with Crippen molar-refractivity contribution >= 4 is 33.0 Å². The molecule has 1 aliphatic rings. The monoisotopic (exact) mass is 308 g/mol. The van der Waals surface area contributed by atoms with E-state index in [9.17, 15) is 0 Å². The van der Waals surface area contributed by atoms with E-state index in [4.69, 9.17) is 11.6 Å². The lowest BCUT2D eigenvalue weighted by atomic mass is 9.98. The third kappa shape index (κ3) is 3.17. The van der Waals surface area contributed by atoms with Gasteiger partial charge in [-0.1, -0.05) is 29.8 Å². The summed E-state index contributed by atoms with van der Waals surface area (Å²) in [7, 11) is 2.21. The van der Waals surface area contributed by atoms with Gasteiger partial charge in [-0.3, -0.25) is 0 Å². The Balaban J connectivity index is 1.67. The van der Waals surface area contributed by atoms with Gasteiger partial charge >= 0.3 is 0 Å². The van der Waals surface area contributed by atoms with Gasteiger partial charge in [0.2, 0.25) is 0 Å². The summed E-state index contributed by atoms with van der Waals surface area (Å²) in [5.41, 5.74) is 0. The van der Waals surface area contributed by atoms with E-state index in [1.807, 2.05) is 11.3 Å². The number of piperidine rings is 1. The highest BCUT2D eigenvalue weighted by molar-refractivity contribution is 7.19. The predicted molar refractivity (Wildman–Crippen MR) is 88.8 cm³/mol. The Kier molecular flexibility index (Phi) is 4.61. The summed E-state index contributed by atoms with van der Waals surface area (Å²) >= 11 is 8.35. The van der Waals surface area contributed by atoms with Crippen LogP contribution in [-0.4, -0.2) is 31.6 Å². The first-order valence-corrected chi connectivity index (χ1v) is 8.48. The Hall–Kier alpha value is -0.610. The zero-order chi connectivity index (χ0) is 13.9. The largest absolute Gasteiger partial charge is 0.317 e. The Morgan fingerprint density at radius 1 is 1.30 bits per heavy atom. The number of nitrogens with one attached hydrogen (secondary N) is 1. The fraction of sp³-hybridized carbons (Fsp3) is 0.500. The third-order valence-corrected chi connectivity index (χ3v) is 5.74. The van der Waals surface area contributed by atoms with Crippen molar-refractivity contribution in [1.82, 2.24) is 10.2 Å². The van der Waals surface area contributed by atoms with Crippen LogP contribution in [-0.2, 0) is 6.54 Å². The second-order valence-corrected chi connectivity index (χ2v) is 7.24. The topological polar surface area (TPSA) is 15.3 Å². The number of hydrogen-bond acceptors (Lipinski definition) is 3. The second kappa shape index (κ2) is 6.44. The van der Waals surface area contributed by atoms with Crippen LogP contribution in [0.15, 0.2) is 24.3 Å². The van der Waals surface area contributed by atoms with Crippen molar-refractivity contribution in [2.75, 3.05) is 26.7 Å². The highest BCUT2D eigenvalue weighted by Crippen LogP contribution is 2.35. The zero-order valence-electron chi connectivity index (χ0n) is 11.9. The Labute approximate surface area is 129 Å². The van der Waals surface area contributed by atoms with Gasteiger partial charge in [-0.2, -0.15) is 0 Å². The van der Waals surface area contributed by atoms with Gasteiger partial charge in [0, 0.05) is 28.1 Å². The summed E-state index contributed by atoms with van der Waals surface area (Å²) in [5.74, 6) is 0.828. The molecule has 108 valence electrons. The molecule has 1 aliphatic heterocycles. The van der Waals surface area contributed by atoms with Crippen LogP contribution in [0, 0.1) is 5.92 Å². The summed E-state index contributed by atoms with van der Waals surface area (Å²) in [5, 5.41) is 5.57. The molecule has 0 spiro atoms. The molecular weight excluding hydrogens is 288 g/mol. The maximum absolute atomic E-state index is 6.52. The van der Waals surface area contributed by atoms with Crippen molar-refractivity contribution in [2.45, 2.75) is 19.4 Å². The van der Waals surface area contributed by atoms with Crippen molar-refractivity contribution < 1.29 is 0 Å². The first-order valence-electron chi connectivity index (χ1n) is 7.29. The Morgan fingerprint density at radius 2 is 2.05 bits per heavy atom. The molecule has 0 unspecified atom stereocenters. The first-order chi connectivity index (χ1) is 9.74. The van der Waals surface area contributed by atoms with Crippen LogP contribution in [0.4, 0.5) is 0 Å². The molecule has 1 saturated heterocycles. The number of benzene rings is 1. The van der Waals surface area contributed by atoms with Crippen LogP contribution < -0.4 is 5.32 Å². The SMILES string of the molecule is CN(Cc1sc2ccccc2c1Cl)CC1CCNCC1. The molecule has 20 heavy (non-hydrogen) atoms. The molecule has 0 radical (unpaired) electrons. The second-order valence-electron chi connectivity index (χ2n) is 5.73. The minimum atomic E-state index is 0.828. The molecule has 4 heteroatoms. The number of nitrogens with zero attached hydrogens (tertiary/aromatic N) is 1. The molecule has 0 atom stereocenters. The van der Waals surface area contributed by atoms with E-state index in [-0.39, 0.29) is 0 Å². The molecule has 0 bridgehead atoms. The molecule has 2 heterocycles. The molecule has 2 nitrogen and oxygen atoms in total. The molecular formula is C16H21ClN2S. The van der Waals surface area contributed by atoms with Crippen molar-refractivity contribution in [3.05, 3.63) is 34.2 Å². The number of hydrogen-bond donors (Lipinski definition) is 1. The van der Waals surface area contributed by atoms with Crippen molar-refractivity contribution in [2.24, 2.45) is 5.92 Å². The van der Waals surface area contributed by atoms with Crippen LogP contribution in [0.3, 0.4) is 0 Å². The maximum Gasteiger partial charge on any atom is 0.0637 e. The van der Waals surface area contributed by atoms with E-state index in [2.05, 4.69) is 41.5 Å². The molecule has 0 amide bonds. The minimum Gasteiger partial charge on any atom is -0.317 e. The van der Waals surface area contributed by atoms with E-state index in [1.54, 1.807) is 0 Å². The summed E-state index contributed by atoms with van der Waals surface area (Å²) < 4.78 is 1.29. The minimum absolute atomic E-state index is 0.828. The van der Waals surface area contributed by atoms with Gasteiger partial charge < -0.3 is 10.2 Å². The highest BCUT2D eigenvalue weighted by Gasteiger charge is 2.17. The van der Waals surface area contributed by atoms with E-state index < -0.39 is 0 Å². The average molecular weight is 309 g/mol. The first kappa shape index (κ1) is 14.3. The molecule has 1 N–H and O–H groups in total. The van der Waals surface area contributed by atoms with E-state index >= 15 is 0 Å². The molecule has 0 saturated carbocycles. The van der Waals surface area contributed by atoms with Crippen molar-refractivity contribution in [1.29, 1.82) is 0 Å². The molecule has 0 aliphatic carbocycles. The normalized spacial score (nSPS) is 17.1. The van der Waals surface area contributed by atoms with Gasteiger partial charge in [0.1, 0.15) is 0 Å². The van der Waals surface area contributed by atoms with Crippen molar-refractivity contribution in [3.8, 4) is 0 Å². The van der Waals surface area contributed by atoms with Crippen LogP contribution >= 0.6 is 22.9 Å². The fourth-order valence-corrected chi connectivity index (χ4v) is 4.55. The van der Waals surface area contributed by atoms with Gasteiger partial charge in [0.15, 0.2) is 0 Å². The Morgan fingerprint density at radius 3 is 2.80 bits per heavy atom. The maximum atomic E-state index is 6.52. The van der Waals surface area contributed by atoms with E-state index in [0.717, 1.165) is 17.5 Å². The average Bonchev–Trinajstić information content (AvgIpc) is 2.77. The molecule has 1 aromatic carbocycles. The lowest BCUT2D eigenvalue weighted by Crippen LogP contribution is -2.34. The predicted octanol–water partition coefficient (Wildman–Crippen LogP) is 3.99. The number of thiophene rings is 1. The molecule has 3 rings (SSSR count). The fourth-order valence-electron chi connectivity index (χ4n) is 2.98. The van der Waals surface area contributed by atoms with Gasteiger partial charge in [0.25, 0.3) is 0 Å². The van der Waals surface area contributed by atoms with Crippen molar-refractivity contribution in [3.63, 3.8) is 0 Å². The lowest BCUT2D eigenvalue weighted by molar-refractivity contribution is 0.236. The van der Waals surface area contributed by atoms with E-state index in [1.165, 1.54) is 47.4 Å². The Bertz CT molecular complexity index is 575. The smallest absolute Gasteiger partial charge is 0.0637 e. The number of halogens is 1. The van der Waals surface area contributed by atoms with Crippen LogP contribution in [0.2, 0.25) is 5.02 Å². The van der Waals surface area contributed by atoms with Gasteiger partial charge in [-0.25, -0.2) is 0 Å². The summed E-state index contributed by atoms with van der Waals surface area (Å²) in [4.78, 5) is 3.72. The van der Waals surface area contributed by atoms with Crippen LogP contribution in [0.25, 0.3) is 10.1 Å². The number of rotatable bonds is 4. The third-order valence-electron chi connectivity index (χ3n) is 4.04. The molecule has 1 aromatic heterocycles. The van der Waals surface area contributed by atoms with Crippen LogP contribution in [0.1, 0.15) is 17.7 Å². The number of fused-ring (bicyclic) bond motifs is 1. The zero-order valence-corrected chi connectivity index (χ0v) is 13.4. The standard InChI is InChI=1S/C16H21ClN2S/c1-19(10-12-6-8-18-9-7-12)11-15-16(17)13-4-2-3-5-14(13)20-15/h2-5,12,18H,6-11H2,1H3. The van der Waals surface area contributed by atoms with Gasteiger partial charge in [0.05, 0.1) is 5.02 Å². The lowest BCUT2D eigenvalue weighted by Gasteiger charge is -2.27. The van der Waals surface area contributed by atoms with Gasteiger partial charge in [-0.15, -0.1) is 11.3 Å². The van der Waals surface area contributed by atoms with E-state index in [0.29, 0.717) is 0 Å². The van der Waals surface area contributed by atoms with Crippen LogP contribution in [0.5, 0.6) is 0 Å². The molecule has 2 aromatic rings. The highest BCUT2D eigenvalue weighted by atomic mass is 35.5. The quantitative estimate of drug-likeness (QED) is 0.919. The van der Waals surface area contributed by atoms with Gasteiger partial charge in [-0.05, 0) is 45.0 Å².